The third-order valence-electron chi connectivity index (χ3n) is 3.11. The van der Waals surface area contributed by atoms with E-state index in [0.717, 1.165) is 6.42 Å². The molecule has 0 bridgehead atoms. The number of hydrogen-bond acceptors (Lipinski definition) is 3. The first-order chi connectivity index (χ1) is 8.58. The number of amides is 3. The van der Waals surface area contributed by atoms with Gasteiger partial charge in [-0.05, 0) is 20.4 Å². The Kier molecular flexibility index (Phi) is 5.91. The van der Waals surface area contributed by atoms with Crippen LogP contribution in [0.3, 0.4) is 0 Å². The SMILES string of the molecule is CCNC(=O)N1CCC(NC(=O)C(C)CNC)C1. The fourth-order valence-electron chi connectivity index (χ4n) is 2.07. The Morgan fingerprint density at radius 3 is 2.78 bits per heavy atom. The zero-order valence-electron chi connectivity index (χ0n) is 11.5. The molecule has 0 spiro atoms. The Hall–Kier alpha value is -1.30. The predicted octanol–water partition coefficient (Wildman–Crippen LogP) is -0.238. The lowest BCUT2D eigenvalue weighted by Gasteiger charge is -2.18. The Morgan fingerprint density at radius 2 is 2.17 bits per heavy atom. The van der Waals surface area contributed by atoms with Gasteiger partial charge in [0, 0.05) is 38.1 Å². The summed E-state index contributed by atoms with van der Waals surface area (Å²) in [7, 11) is 1.83. The monoisotopic (exact) mass is 256 g/mol. The van der Waals surface area contributed by atoms with Gasteiger partial charge >= 0.3 is 6.03 Å². The Bertz CT molecular complexity index is 296. The van der Waals surface area contributed by atoms with Gasteiger partial charge in [-0.25, -0.2) is 4.79 Å². The van der Waals surface area contributed by atoms with Gasteiger partial charge in [-0.15, -0.1) is 0 Å². The highest BCUT2D eigenvalue weighted by Gasteiger charge is 2.27. The standard InChI is InChI=1S/C12H24N4O2/c1-4-14-12(18)16-6-5-10(8-16)15-11(17)9(2)7-13-3/h9-10,13H,4-8H2,1-3H3,(H,14,18)(H,15,17). The summed E-state index contributed by atoms with van der Waals surface area (Å²) in [5.41, 5.74) is 0. The lowest BCUT2D eigenvalue weighted by molar-refractivity contribution is -0.125. The molecule has 1 rings (SSSR count). The molecular formula is C12H24N4O2. The number of carbonyl (C=O) groups excluding carboxylic acids is 2. The van der Waals surface area contributed by atoms with Crippen LogP contribution in [0.5, 0.6) is 0 Å². The van der Waals surface area contributed by atoms with Crippen LogP contribution in [0.4, 0.5) is 4.79 Å². The topological polar surface area (TPSA) is 73.5 Å². The second-order valence-corrected chi connectivity index (χ2v) is 4.73. The number of likely N-dealkylation sites (tertiary alicyclic amines) is 1. The fraction of sp³-hybridized carbons (Fsp3) is 0.833. The van der Waals surface area contributed by atoms with E-state index in [9.17, 15) is 9.59 Å². The maximum atomic E-state index is 11.8. The molecule has 1 saturated heterocycles. The van der Waals surface area contributed by atoms with Crippen molar-refractivity contribution < 1.29 is 9.59 Å². The normalized spacial score (nSPS) is 20.6. The van der Waals surface area contributed by atoms with E-state index in [1.54, 1.807) is 4.90 Å². The molecule has 3 N–H and O–H groups in total. The second-order valence-electron chi connectivity index (χ2n) is 4.73. The minimum absolute atomic E-state index is 0.0440. The molecule has 1 aliphatic rings. The maximum absolute atomic E-state index is 11.8. The Labute approximate surface area is 108 Å². The largest absolute Gasteiger partial charge is 0.351 e. The third kappa shape index (κ3) is 4.18. The third-order valence-corrected chi connectivity index (χ3v) is 3.11. The summed E-state index contributed by atoms with van der Waals surface area (Å²) >= 11 is 0. The van der Waals surface area contributed by atoms with Gasteiger partial charge in [0.1, 0.15) is 0 Å². The van der Waals surface area contributed by atoms with Crippen LogP contribution >= 0.6 is 0 Å². The number of carbonyl (C=O) groups is 2. The van der Waals surface area contributed by atoms with E-state index in [1.807, 2.05) is 20.9 Å². The fourth-order valence-corrected chi connectivity index (χ4v) is 2.07. The minimum atomic E-state index is -0.0477. The molecule has 0 aromatic rings. The van der Waals surface area contributed by atoms with Crippen molar-refractivity contribution in [3.05, 3.63) is 0 Å². The first-order valence-electron chi connectivity index (χ1n) is 6.56. The van der Waals surface area contributed by atoms with Crippen molar-refractivity contribution in [2.45, 2.75) is 26.3 Å². The van der Waals surface area contributed by atoms with Crippen LogP contribution in [0.15, 0.2) is 0 Å². The van der Waals surface area contributed by atoms with Crippen molar-refractivity contribution >= 4 is 11.9 Å². The van der Waals surface area contributed by atoms with E-state index in [0.29, 0.717) is 26.2 Å². The van der Waals surface area contributed by atoms with E-state index in [4.69, 9.17) is 0 Å². The van der Waals surface area contributed by atoms with Crippen LogP contribution in [-0.4, -0.2) is 56.1 Å². The highest BCUT2D eigenvalue weighted by molar-refractivity contribution is 5.79. The van der Waals surface area contributed by atoms with Crippen LogP contribution in [-0.2, 0) is 4.79 Å². The molecule has 6 nitrogen and oxygen atoms in total. The Morgan fingerprint density at radius 1 is 1.44 bits per heavy atom. The lowest BCUT2D eigenvalue weighted by Crippen LogP contribution is -2.44. The molecule has 0 saturated carbocycles. The summed E-state index contributed by atoms with van der Waals surface area (Å²) in [6.45, 7) is 6.39. The highest BCUT2D eigenvalue weighted by Crippen LogP contribution is 2.09. The van der Waals surface area contributed by atoms with Crippen LogP contribution in [0.2, 0.25) is 0 Å². The summed E-state index contributed by atoms with van der Waals surface area (Å²) in [6.07, 6.45) is 0.829. The summed E-state index contributed by atoms with van der Waals surface area (Å²) in [5, 5.41) is 8.74. The molecule has 2 unspecified atom stereocenters. The van der Waals surface area contributed by atoms with E-state index in [-0.39, 0.29) is 23.9 Å². The quantitative estimate of drug-likeness (QED) is 0.636. The van der Waals surface area contributed by atoms with Gasteiger partial charge in [0.2, 0.25) is 5.91 Å². The van der Waals surface area contributed by atoms with E-state index >= 15 is 0 Å². The predicted molar refractivity (Wildman–Crippen MR) is 70.3 cm³/mol. The summed E-state index contributed by atoms with van der Waals surface area (Å²) in [4.78, 5) is 25.2. The molecule has 104 valence electrons. The molecular weight excluding hydrogens is 232 g/mol. The lowest BCUT2D eigenvalue weighted by atomic mass is 10.1. The average molecular weight is 256 g/mol. The van der Waals surface area contributed by atoms with Gasteiger partial charge in [-0.1, -0.05) is 6.92 Å². The average Bonchev–Trinajstić information content (AvgIpc) is 2.78. The van der Waals surface area contributed by atoms with Gasteiger partial charge in [-0.2, -0.15) is 0 Å². The molecule has 6 heteroatoms. The Balaban J connectivity index is 2.34. The second kappa shape index (κ2) is 7.20. The number of urea groups is 1. The minimum Gasteiger partial charge on any atom is -0.351 e. The molecule has 1 aliphatic heterocycles. The van der Waals surface area contributed by atoms with E-state index < -0.39 is 0 Å². The van der Waals surface area contributed by atoms with Crippen LogP contribution in [0, 0.1) is 5.92 Å². The molecule has 0 radical (unpaired) electrons. The number of hydrogen-bond donors (Lipinski definition) is 3. The van der Waals surface area contributed by atoms with E-state index in [1.165, 1.54) is 0 Å². The van der Waals surface area contributed by atoms with Gasteiger partial charge in [0.15, 0.2) is 0 Å². The zero-order valence-corrected chi connectivity index (χ0v) is 11.5. The molecule has 2 atom stereocenters. The van der Waals surface area contributed by atoms with Crippen molar-refractivity contribution in [1.82, 2.24) is 20.9 Å². The first-order valence-corrected chi connectivity index (χ1v) is 6.56. The van der Waals surface area contributed by atoms with Crippen molar-refractivity contribution in [3.8, 4) is 0 Å². The van der Waals surface area contributed by atoms with Crippen LogP contribution < -0.4 is 16.0 Å². The number of nitrogens with one attached hydrogen (secondary N) is 3. The molecule has 0 aromatic heterocycles. The van der Waals surface area contributed by atoms with Crippen molar-refractivity contribution in [1.29, 1.82) is 0 Å². The van der Waals surface area contributed by atoms with Gasteiger partial charge in [0.05, 0.1) is 0 Å². The summed E-state index contributed by atoms with van der Waals surface area (Å²) in [6, 6.07) is 0.0388. The smallest absolute Gasteiger partial charge is 0.317 e. The van der Waals surface area contributed by atoms with Crippen molar-refractivity contribution in [3.63, 3.8) is 0 Å². The van der Waals surface area contributed by atoms with Gasteiger partial charge in [0.25, 0.3) is 0 Å². The number of rotatable bonds is 5. The van der Waals surface area contributed by atoms with E-state index in [2.05, 4.69) is 16.0 Å². The van der Waals surface area contributed by atoms with Crippen molar-refractivity contribution in [2.75, 3.05) is 33.2 Å². The molecule has 18 heavy (non-hydrogen) atoms. The number of nitrogens with zero attached hydrogens (tertiary/aromatic N) is 1. The van der Waals surface area contributed by atoms with Crippen LogP contribution in [0.1, 0.15) is 20.3 Å². The van der Waals surface area contributed by atoms with Crippen LogP contribution in [0.25, 0.3) is 0 Å². The molecule has 0 aromatic carbocycles. The van der Waals surface area contributed by atoms with Crippen molar-refractivity contribution in [2.24, 2.45) is 5.92 Å². The first kappa shape index (κ1) is 14.8. The zero-order chi connectivity index (χ0) is 13.5. The molecule has 1 fully saturated rings. The maximum Gasteiger partial charge on any atom is 0.317 e. The summed E-state index contributed by atoms with van der Waals surface area (Å²) < 4.78 is 0. The molecule has 3 amide bonds. The molecule has 0 aliphatic carbocycles. The van der Waals surface area contributed by atoms with Gasteiger partial charge in [-0.3, -0.25) is 4.79 Å². The summed E-state index contributed by atoms with van der Waals surface area (Å²) in [5.74, 6) is 0.000572. The molecule has 1 heterocycles. The van der Waals surface area contributed by atoms with Gasteiger partial charge < -0.3 is 20.9 Å². The highest BCUT2D eigenvalue weighted by atomic mass is 16.2.